The van der Waals surface area contributed by atoms with Crippen LogP contribution in [-0.2, 0) is 4.74 Å². The zero-order valence-electron chi connectivity index (χ0n) is 16.5. The summed E-state index contributed by atoms with van der Waals surface area (Å²) in [7, 11) is 0. The van der Waals surface area contributed by atoms with Gasteiger partial charge in [0.25, 0.3) is 0 Å². The van der Waals surface area contributed by atoms with E-state index in [0.29, 0.717) is 13.1 Å². The van der Waals surface area contributed by atoms with Crippen LogP contribution < -0.4 is 21.3 Å². The van der Waals surface area contributed by atoms with Gasteiger partial charge in [0.15, 0.2) is 5.96 Å². The number of hydrogen-bond acceptors (Lipinski definition) is 4. The van der Waals surface area contributed by atoms with E-state index in [1.165, 1.54) is 0 Å². The van der Waals surface area contributed by atoms with Crippen LogP contribution in [0.1, 0.15) is 54.9 Å². The predicted octanol–water partition coefficient (Wildman–Crippen LogP) is 1.84. The lowest BCUT2D eigenvalue weighted by atomic mass is 10.1. The van der Waals surface area contributed by atoms with Crippen LogP contribution in [0.2, 0.25) is 0 Å². The molecule has 0 saturated heterocycles. The van der Waals surface area contributed by atoms with Gasteiger partial charge in [-0.15, -0.1) is 0 Å². The van der Waals surface area contributed by atoms with Gasteiger partial charge in [0, 0.05) is 38.3 Å². The Bertz CT molecular complexity index is 383. The van der Waals surface area contributed by atoms with E-state index in [4.69, 9.17) is 4.74 Å². The fourth-order valence-corrected chi connectivity index (χ4v) is 1.73. The van der Waals surface area contributed by atoms with E-state index in [0.717, 1.165) is 32.0 Å². The minimum Gasteiger partial charge on any atom is -0.444 e. The molecule has 0 spiro atoms. The first kappa shape index (κ1) is 22.5. The van der Waals surface area contributed by atoms with Crippen molar-refractivity contribution in [2.24, 2.45) is 4.99 Å². The number of hydrogen-bond donors (Lipinski definition) is 4. The zero-order valence-corrected chi connectivity index (χ0v) is 16.5. The first-order valence-corrected chi connectivity index (χ1v) is 8.77. The van der Waals surface area contributed by atoms with Gasteiger partial charge in [-0.3, -0.25) is 4.99 Å². The molecule has 0 saturated carbocycles. The molecule has 24 heavy (non-hydrogen) atoms. The Hall–Kier alpha value is -1.50. The van der Waals surface area contributed by atoms with Gasteiger partial charge in [-0.05, 0) is 54.9 Å². The van der Waals surface area contributed by atoms with E-state index in [2.05, 4.69) is 47.0 Å². The summed E-state index contributed by atoms with van der Waals surface area (Å²) < 4.78 is 5.18. The van der Waals surface area contributed by atoms with Crippen molar-refractivity contribution in [3.05, 3.63) is 0 Å². The van der Waals surface area contributed by atoms with Gasteiger partial charge in [0.1, 0.15) is 5.60 Å². The fraction of sp³-hybridized carbons (Fsp3) is 0.882. The Labute approximate surface area is 147 Å². The third-order valence-electron chi connectivity index (χ3n) is 2.69. The van der Waals surface area contributed by atoms with Gasteiger partial charge in [-0.1, -0.05) is 0 Å². The van der Waals surface area contributed by atoms with Crippen molar-refractivity contribution >= 4 is 12.1 Å². The fourth-order valence-electron chi connectivity index (χ4n) is 1.73. The summed E-state index contributed by atoms with van der Waals surface area (Å²) in [6.45, 7) is 17.7. The topological polar surface area (TPSA) is 86.8 Å². The molecule has 0 heterocycles. The van der Waals surface area contributed by atoms with Gasteiger partial charge in [-0.2, -0.15) is 0 Å². The number of amides is 1. The second kappa shape index (κ2) is 11.1. The van der Waals surface area contributed by atoms with Crippen LogP contribution in [0.5, 0.6) is 0 Å². The highest BCUT2D eigenvalue weighted by Crippen LogP contribution is 2.06. The molecule has 0 radical (unpaired) electrons. The zero-order chi connectivity index (χ0) is 18.6. The number of ether oxygens (including phenoxy) is 1. The molecule has 0 aromatic heterocycles. The van der Waals surface area contributed by atoms with Crippen LogP contribution >= 0.6 is 0 Å². The van der Waals surface area contributed by atoms with Crippen LogP contribution in [0, 0.1) is 0 Å². The molecule has 0 bridgehead atoms. The molecule has 0 aliphatic rings. The van der Waals surface area contributed by atoms with Gasteiger partial charge in [0.2, 0.25) is 0 Å². The first-order valence-electron chi connectivity index (χ1n) is 8.77. The number of aliphatic imine (C=N–C) groups is 1. The second-order valence-corrected chi connectivity index (χ2v) is 7.65. The summed E-state index contributed by atoms with van der Waals surface area (Å²) in [5, 5.41) is 12.7. The molecule has 0 atom stereocenters. The van der Waals surface area contributed by atoms with Crippen molar-refractivity contribution in [2.75, 3.05) is 32.7 Å². The quantitative estimate of drug-likeness (QED) is 0.307. The smallest absolute Gasteiger partial charge is 0.407 e. The summed E-state index contributed by atoms with van der Waals surface area (Å²) in [6.07, 6.45) is 0.376. The second-order valence-electron chi connectivity index (χ2n) is 7.65. The maximum atomic E-state index is 11.5. The number of nitrogens with zero attached hydrogens (tertiary/aromatic N) is 1. The van der Waals surface area contributed by atoms with Crippen LogP contribution in [0.25, 0.3) is 0 Å². The molecule has 7 nitrogen and oxygen atoms in total. The summed E-state index contributed by atoms with van der Waals surface area (Å²) in [6, 6.07) is 0. The highest BCUT2D eigenvalue weighted by atomic mass is 16.6. The lowest BCUT2D eigenvalue weighted by Crippen LogP contribution is -2.44. The van der Waals surface area contributed by atoms with Crippen molar-refractivity contribution in [1.82, 2.24) is 21.3 Å². The number of nitrogens with one attached hydrogen (secondary N) is 4. The van der Waals surface area contributed by atoms with E-state index in [1.807, 2.05) is 27.7 Å². The molecule has 7 heteroatoms. The van der Waals surface area contributed by atoms with Crippen molar-refractivity contribution in [1.29, 1.82) is 0 Å². The van der Waals surface area contributed by atoms with Crippen LogP contribution in [0.4, 0.5) is 4.79 Å². The number of carbonyl (C=O) groups excluding carboxylic acids is 1. The Balaban J connectivity index is 3.97. The Morgan fingerprint density at radius 3 is 2.17 bits per heavy atom. The van der Waals surface area contributed by atoms with Gasteiger partial charge in [-0.25, -0.2) is 4.79 Å². The summed E-state index contributed by atoms with van der Waals surface area (Å²) in [5.41, 5.74) is -0.351. The molecule has 0 aliphatic carbocycles. The van der Waals surface area contributed by atoms with Gasteiger partial charge < -0.3 is 26.0 Å². The molecule has 0 unspecified atom stereocenters. The van der Waals surface area contributed by atoms with Crippen molar-refractivity contribution in [3.8, 4) is 0 Å². The number of alkyl carbamates (subject to hydrolysis) is 1. The lowest BCUT2D eigenvalue weighted by Gasteiger charge is -2.21. The largest absolute Gasteiger partial charge is 0.444 e. The normalized spacial score (nSPS) is 12.7. The molecule has 0 aliphatic heterocycles. The Kier molecular flexibility index (Phi) is 10.4. The third kappa shape index (κ3) is 15.4. The SMILES string of the molecule is CCNC(=NCCCNC(=O)OC(C)(C)C)NCCNC(C)(C)C. The highest BCUT2D eigenvalue weighted by molar-refractivity contribution is 5.79. The standard InChI is InChI=1S/C17H37N5O2/c1-8-18-14(20-12-13-22-16(2,3)4)19-10-9-11-21-15(23)24-17(5,6)7/h22H,8-13H2,1-7H3,(H,21,23)(H2,18,19,20). The van der Waals surface area contributed by atoms with E-state index >= 15 is 0 Å². The molecular formula is C17H37N5O2. The van der Waals surface area contributed by atoms with Crippen molar-refractivity contribution in [3.63, 3.8) is 0 Å². The lowest BCUT2D eigenvalue weighted by molar-refractivity contribution is 0.0527. The molecule has 4 N–H and O–H groups in total. The maximum absolute atomic E-state index is 11.5. The molecular weight excluding hydrogens is 306 g/mol. The summed E-state index contributed by atoms with van der Waals surface area (Å²) in [5.74, 6) is 0.797. The first-order chi connectivity index (χ1) is 11.0. The highest BCUT2D eigenvalue weighted by Gasteiger charge is 2.15. The van der Waals surface area contributed by atoms with Crippen molar-refractivity contribution < 1.29 is 9.53 Å². The molecule has 0 aromatic carbocycles. The van der Waals surface area contributed by atoms with E-state index in [9.17, 15) is 4.79 Å². The van der Waals surface area contributed by atoms with Crippen LogP contribution in [0.15, 0.2) is 4.99 Å². The summed E-state index contributed by atoms with van der Waals surface area (Å²) >= 11 is 0. The third-order valence-corrected chi connectivity index (χ3v) is 2.69. The monoisotopic (exact) mass is 343 g/mol. The molecule has 142 valence electrons. The number of carbonyl (C=O) groups is 1. The van der Waals surface area contributed by atoms with Crippen LogP contribution in [-0.4, -0.2) is 55.9 Å². The minimum atomic E-state index is -0.467. The molecule has 1 amide bonds. The van der Waals surface area contributed by atoms with E-state index < -0.39 is 5.60 Å². The molecule has 0 fully saturated rings. The number of rotatable bonds is 8. The Morgan fingerprint density at radius 2 is 1.62 bits per heavy atom. The summed E-state index contributed by atoms with van der Waals surface area (Å²) in [4.78, 5) is 16.0. The van der Waals surface area contributed by atoms with Crippen LogP contribution in [0.3, 0.4) is 0 Å². The minimum absolute atomic E-state index is 0.116. The Morgan fingerprint density at radius 1 is 0.958 bits per heavy atom. The van der Waals surface area contributed by atoms with Crippen molar-refractivity contribution in [2.45, 2.75) is 66.0 Å². The van der Waals surface area contributed by atoms with E-state index in [1.54, 1.807) is 0 Å². The van der Waals surface area contributed by atoms with Gasteiger partial charge in [0.05, 0.1) is 0 Å². The van der Waals surface area contributed by atoms with E-state index in [-0.39, 0.29) is 11.6 Å². The molecule has 0 aromatic rings. The number of guanidine groups is 1. The molecule has 0 rings (SSSR count). The van der Waals surface area contributed by atoms with Gasteiger partial charge >= 0.3 is 6.09 Å². The average Bonchev–Trinajstić information content (AvgIpc) is 2.39. The predicted molar refractivity (Wildman–Crippen MR) is 101 cm³/mol. The average molecular weight is 344 g/mol. The maximum Gasteiger partial charge on any atom is 0.407 e.